The Bertz CT molecular complexity index is 648. The molecule has 0 amide bonds. The van der Waals surface area contributed by atoms with Crippen LogP contribution in [0.4, 0.5) is 5.82 Å². The van der Waals surface area contributed by atoms with E-state index >= 15 is 0 Å². The average molecular weight is 358 g/mol. The molecule has 0 saturated carbocycles. The summed E-state index contributed by atoms with van der Waals surface area (Å²) in [5.74, 6) is 1.15. The van der Waals surface area contributed by atoms with Gasteiger partial charge in [0.15, 0.2) is 0 Å². The second-order valence-corrected chi connectivity index (χ2v) is 8.44. The Balaban J connectivity index is 1.40. The van der Waals surface area contributed by atoms with Crippen molar-refractivity contribution in [2.24, 2.45) is 0 Å². The van der Waals surface area contributed by atoms with E-state index in [0.29, 0.717) is 6.01 Å². The van der Waals surface area contributed by atoms with E-state index < -0.39 is 0 Å². The lowest BCUT2D eigenvalue weighted by Crippen LogP contribution is -2.43. The summed E-state index contributed by atoms with van der Waals surface area (Å²) < 4.78 is 6.27. The summed E-state index contributed by atoms with van der Waals surface area (Å²) in [7, 11) is 0. The first-order valence-corrected chi connectivity index (χ1v) is 10.6. The van der Waals surface area contributed by atoms with Crippen molar-refractivity contribution in [1.82, 2.24) is 20.2 Å². The number of hydrogen-bond donors (Lipinski definition) is 1. The average Bonchev–Trinajstić information content (AvgIpc) is 3.27. The number of piperidine rings is 1. The number of aromatic nitrogens is 2. The summed E-state index contributed by atoms with van der Waals surface area (Å²) in [4.78, 5) is 14.8. The highest BCUT2D eigenvalue weighted by Crippen LogP contribution is 2.39. The van der Waals surface area contributed by atoms with Gasteiger partial charge in [-0.25, -0.2) is 0 Å². The van der Waals surface area contributed by atoms with Gasteiger partial charge in [0, 0.05) is 25.2 Å². The second kappa shape index (κ2) is 6.97. The van der Waals surface area contributed by atoms with Gasteiger partial charge in [-0.15, -0.1) is 0 Å². The third-order valence-electron chi connectivity index (χ3n) is 6.83. The van der Waals surface area contributed by atoms with E-state index in [2.05, 4.69) is 15.1 Å². The molecule has 1 aromatic heterocycles. The zero-order chi connectivity index (χ0) is 17.4. The van der Waals surface area contributed by atoms with Gasteiger partial charge in [-0.3, -0.25) is 4.90 Å². The van der Waals surface area contributed by atoms with Crippen LogP contribution in [0.25, 0.3) is 0 Å². The number of hydrogen-bond acceptors (Lipinski definition) is 6. The van der Waals surface area contributed by atoms with Crippen molar-refractivity contribution >= 4 is 5.82 Å². The molecule has 3 fully saturated rings. The monoisotopic (exact) mass is 357 g/mol. The van der Waals surface area contributed by atoms with Gasteiger partial charge in [0.1, 0.15) is 12.4 Å². The molecule has 4 aliphatic heterocycles. The summed E-state index contributed by atoms with van der Waals surface area (Å²) in [5.41, 5.74) is 2.75. The van der Waals surface area contributed by atoms with Gasteiger partial charge >= 0.3 is 6.01 Å². The molecule has 3 saturated heterocycles. The Hall–Kier alpha value is -1.40. The molecule has 26 heavy (non-hydrogen) atoms. The predicted octanol–water partition coefficient (Wildman–Crippen LogP) is 2.12. The number of rotatable bonds is 4. The predicted molar refractivity (Wildman–Crippen MR) is 102 cm³/mol. The van der Waals surface area contributed by atoms with Crippen LogP contribution in [0.15, 0.2) is 0 Å². The molecule has 6 nitrogen and oxygen atoms in total. The fourth-order valence-electron chi connectivity index (χ4n) is 5.41. The molecule has 0 aliphatic carbocycles. The lowest BCUT2D eigenvalue weighted by atomic mass is 9.95. The fraction of sp³-hybridized carbons (Fsp3) is 0.800. The highest BCUT2D eigenvalue weighted by atomic mass is 16.5. The minimum atomic E-state index is 0.253. The van der Waals surface area contributed by atoms with E-state index in [-0.39, 0.29) is 5.54 Å². The molecule has 0 radical (unpaired) electrons. The molecule has 142 valence electrons. The topological polar surface area (TPSA) is 53.5 Å². The molecular weight excluding hydrogens is 326 g/mol. The Labute approximate surface area is 156 Å². The molecule has 1 N–H and O–H groups in total. The minimum Gasteiger partial charge on any atom is -0.461 e. The van der Waals surface area contributed by atoms with Crippen molar-refractivity contribution in [3.63, 3.8) is 0 Å². The van der Waals surface area contributed by atoms with Crippen LogP contribution < -0.4 is 15.0 Å². The molecule has 1 aromatic rings. The summed E-state index contributed by atoms with van der Waals surface area (Å²) in [6.45, 7) is 7.32. The van der Waals surface area contributed by atoms with Crippen molar-refractivity contribution < 1.29 is 4.74 Å². The van der Waals surface area contributed by atoms with Crippen LogP contribution in [-0.4, -0.2) is 59.7 Å². The first-order chi connectivity index (χ1) is 12.8. The highest BCUT2D eigenvalue weighted by molar-refractivity contribution is 5.51. The van der Waals surface area contributed by atoms with Crippen LogP contribution >= 0.6 is 0 Å². The molecule has 0 atom stereocenters. The normalized spacial score (nSPS) is 25.2. The first kappa shape index (κ1) is 16.8. The van der Waals surface area contributed by atoms with Crippen LogP contribution in [-0.2, 0) is 13.0 Å². The maximum absolute atomic E-state index is 6.27. The minimum absolute atomic E-state index is 0.253. The Morgan fingerprint density at radius 1 is 0.962 bits per heavy atom. The number of nitrogens with one attached hydrogen (secondary N) is 1. The van der Waals surface area contributed by atoms with Crippen molar-refractivity contribution in [2.45, 2.75) is 63.5 Å². The van der Waals surface area contributed by atoms with Gasteiger partial charge in [-0.1, -0.05) is 0 Å². The first-order valence-electron chi connectivity index (χ1n) is 10.6. The van der Waals surface area contributed by atoms with Crippen molar-refractivity contribution in [3.05, 3.63) is 11.3 Å². The van der Waals surface area contributed by atoms with Crippen LogP contribution in [0, 0.1) is 0 Å². The quantitative estimate of drug-likeness (QED) is 0.891. The molecule has 5 heterocycles. The molecular formula is C20H31N5O. The van der Waals surface area contributed by atoms with Crippen molar-refractivity contribution in [2.75, 3.05) is 44.2 Å². The van der Waals surface area contributed by atoms with Gasteiger partial charge in [-0.05, 0) is 71.0 Å². The van der Waals surface area contributed by atoms with Gasteiger partial charge in [0.2, 0.25) is 0 Å². The molecule has 6 heteroatoms. The van der Waals surface area contributed by atoms with Gasteiger partial charge in [0.05, 0.1) is 11.2 Å². The maximum atomic E-state index is 6.27. The van der Waals surface area contributed by atoms with Crippen molar-refractivity contribution in [1.29, 1.82) is 0 Å². The summed E-state index contributed by atoms with van der Waals surface area (Å²) in [6.07, 6.45) is 10.0. The van der Waals surface area contributed by atoms with Gasteiger partial charge in [0.25, 0.3) is 0 Å². The van der Waals surface area contributed by atoms with Crippen LogP contribution in [0.2, 0.25) is 0 Å². The van der Waals surface area contributed by atoms with Gasteiger partial charge in [-0.2, -0.15) is 9.97 Å². The molecule has 0 spiro atoms. The Morgan fingerprint density at radius 3 is 2.58 bits per heavy atom. The summed E-state index contributed by atoms with van der Waals surface area (Å²) in [6, 6.07) is 0.598. The largest absolute Gasteiger partial charge is 0.461 e. The molecule has 0 bridgehead atoms. The van der Waals surface area contributed by atoms with E-state index in [9.17, 15) is 0 Å². The number of anilines is 1. The maximum Gasteiger partial charge on any atom is 0.318 e. The zero-order valence-electron chi connectivity index (χ0n) is 15.8. The summed E-state index contributed by atoms with van der Waals surface area (Å²) in [5, 5.41) is 3.46. The lowest BCUT2D eigenvalue weighted by Gasteiger charge is -2.33. The van der Waals surface area contributed by atoms with E-state index in [1.165, 1.54) is 63.6 Å². The Kier molecular flexibility index (Phi) is 4.49. The van der Waals surface area contributed by atoms with Crippen LogP contribution in [0.3, 0.4) is 0 Å². The van der Waals surface area contributed by atoms with E-state index in [1.807, 2.05) is 0 Å². The third-order valence-corrected chi connectivity index (χ3v) is 6.83. The van der Waals surface area contributed by atoms with Crippen molar-refractivity contribution in [3.8, 4) is 6.01 Å². The number of ether oxygens (including phenoxy) is 1. The Morgan fingerprint density at radius 2 is 1.77 bits per heavy atom. The lowest BCUT2D eigenvalue weighted by molar-refractivity contribution is 0.107. The zero-order valence-corrected chi connectivity index (χ0v) is 15.8. The number of fused-ring (bicyclic) bond motifs is 2. The van der Waals surface area contributed by atoms with Gasteiger partial charge < -0.3 is 15.0 Å². The SMILES string of the molecule is C1CCN(c2nc(OCC34CCCN3CCC4)nc3c2CCNC3)CC1. The second-order valence-electron chi connectivity index (χ2n) is 8.44. The fourth-order valence-corrected chi connectivity index (χ4v) is 5.41. The smallest absolute Gasteiger partial charge is 0.318 e. The number of nitrogens with zero attached hydrogens (tertiary/aromatic N) is 4. The summed E-state index contributed by atoms with van der Waals surface area (Å²) >= 11 is 0. The highest BCUT2D eigenvalue weighted by Gasteiger charge is 2.45. The van der Waals surface area contributed by atoms with E-state index in [1.54, 1.807) is 0 Å². The van der Waals surface area contributed by atoms with Crippen LogP contribution in [0.5, 0.6) is 6.01 Å². The van der Waals surface area contributed by atoms with E-state index in [4.69, 9.17) is 14.7 Å². The van der Waals surface area contributed by atoms with Crippen LogP contribution in [0.1, 0.15) is 56.2 Å². The molecule has 4 aliphatic rings. The third kappa shape index (κ3) is 2.97. The van der Waals surface area contributed by atoms with E-state index in [0.717, 1.165) is 50.7 Å². The standard InChI is InChI=1S/C20H31N5O/c1-2-10-24(11-3-1)18-16-6-9-21-14-17(16)22-19(23-18)26-15-20-7-4-12-25(20)13-5-8-20/h21H,1-15H2. The molecule has 0 unspecified atom stereocenters. The molecule has 5 rings (SSSR count). The molecule has 0 aromatic carbocycles.